The lowest BCUT2D eigenvalue weighted by Gasteiger charge is -2.24. The zero-order valence-electron chi connectivity index (χ0n) is 22.0. The van der Waals surface area contributed by atoms with Gasteiger partial charge in [-0.3, -0.25) is 4.79 Å². The third-order valence-electron chi connectivity index (χ3n) is 7.15. The molecule has 0 atom stereocenters. The molecule has 188 valence electrons. The number of methoxy groups -OCH3 is 3. The molecule has 0 spiro atoms. The Labute approximate surface area is 217 Å². The number of pyridine rings is 1. The van der Waals surface area contributed by atoms with Gasteiger partial charge in [-0.2, -0.15) is 0 Å². The predicted octanol–water partition coefficient (Wildman–Crippen LogP) is 6.42. The lowest BCUT2D eigenvalue weighted by Crippen LogP contribution is -2.24. The fourth-order valence-corrected chi connectivity index (χ4v) is 5.22. The summed E-state index contributed by atoms with van der Waals surface area (Å²) >= 11 is 0. The van der Waals surface area contributed by atoms with Crippen molar-refractivity contribution >= 4 is 22.4 Å². The topological polar surface area (TPSA) is 60.9 Å². The average molecular weight is 495 g/mol. The number of anilines is 1. The Morgan fingerprint density at radius 1 is 0.892 bits per heavy atom. The zero-order valence-corrected chi connectivity index (χ0v) is 22.0. The Balaban J connectivity index is 1.67. The number of carbonyl (C=O) groups excluding carboxylic acids is 1. The highest BCUT2D eigenvalue weighted by molar-refractivity contribution is 6.14. The molecule has 0 saturated carbocycles. The standard InChI is InChI=1S/C31H30N2O4/c1-31(2)22-12-8-10-14-25(22)33(3)29(31)18-26(34)21-17-24(32-23-13-9-7-11-20(21)23)19-15-27(35-4)30(37-6)28(16-19)36-5/h7-18H,1-6H3. The van der Waals surface area contributed by atoms with Crippen molar-refractivity contribution in [2.24, 2.45) is 0 Å². The molecule has 1 aromatic heterocycles. The van der Waals surface area contributed by atoms with Gasteiger partial charge in [0.15, 0.2) is 17.3 Å². The Morgan fingerprint density at radius 3 is 2.19 bits per heavy atom. The minimum absolute atomic E-state index is 0.0741. The average Bonchev–Trinajstić information content (AvgIpc) is 3.11. The highest BCUT2D eigenvalue weighted by Crippen LogP contribution is 2.47. The van der Waals surface area contributed by atoms with Crippen LogP contribution in [0.15, 0.2) is 78.5 Å². The van der Waals surface area contributed by atoms with Gasteiger partial charge < -0.3 is 19.1 Å². The van der Waals surface area contributed by atoms with Crippen molar-refractivity contribution in [1.29, 1.82) is 0 Å². The van der Waals surface area contributed by atoms with E-state index in [-0.39, 0.29) is 11.2 Å². The van der Waals surface area contributed by atoms with E-state index in [0.29, 0.717) is 28.5 Å². The maximum Gasteiger partial charge on any atom is 0.203 e. The zero-order chi connectivity index (χ0) is 26.3. The number of allylic oxidation sites excluding steroid dienone is 2. The molecule has 0 radical (unpaired) electrons. The fourth-order valence-electron chi connectivity index (χ4n) is 5.22. The number of ether oxygens (including phenoxy) is 3. The van der Waals surface area contributed by atoms with Crippen LogP contribution in [-0.4, -0.2) is 39.1 Å². The van der Waals surface area contributed by atoms with Crippen LogP contribution in [0, 0.1) is 0 Å². The molecule has 0 saturated heterocycles. The van der Waals surface area contributed by atoms with Crippen LogP contribution in [-0.2, 0) is 5.41 Å². The number of benzene rings is 3. The largest absolute Gasteiger partial charge is 0.493 e. The summed E-state index contributed by atoms with van der Waals surface area (Å²) in [6.45, 7) is 4.31. The number of likely N-dealkylation sites (N-methyl/N-ethyl adjacent to an activating group) is 1. The number of aromatic nitrogens is 1. The van der Waals surface area contributed by atoms with Gasteiger partial charge in [-0.1, -0.05) is 50.2 Å². The molecule has 0 aliphatic carbocycles. The van der Waals surface area contributed by atoms with E-state index in [1.54, 1.807) is 27.4 Å². The van der Waals surface area contributed by atoms with Crippen molar-refractivity contribution in [3.05, 3.63) is 89.6 Å². The molecule has 3 aromatic carbocycles. The smallest absolute Gasteiger partial charge is 0.203 e. The van der Waals surface area contributed by atoms with Crippen LogP contribution in [0.3, 0.4) is 0 Å². The molecule has 0 bridgehead atoms. The van der Waals surface area contributed by atoms with Crippen LogP contribution in [0.25, 0.3) is 22.2 Å². The molecule has 0 unspecified atom stereocenters. The van der Waals surface area contributed by atoms with Gasteiger partial charge in [0.2, 0.25) is 5.75 Å². The van der Waals surface area contributed by atoms with E-state index in [4.69, 9.17) is 19.2 Å². The number of rotatable bonds is 6. The van der Waals surface area contributed by atoms with Crippen molar-refractivity contribution < 1.29 is 19.0 Å². The molecule has 6 nitrogen and oxygen atoms in total. The predicted molar refractivity (Wildman–Crippen MR) is 147 cm³/mol. The fraction of sp³-hybridized carbons (Fsp3) is 0.226. The van der Waals surface area contributed by atoms with E-state index < -0.39 is 0 Å². The van der Waals surface area contributed by atoms with Crippen LogP contribution in [0.1, 0.15) is 29.8 Å². The summed E-state index contributed by atoms with van der Waals surface area (Å²) < 4.78 is 16.6. The number of carbonyl (C=O) groups is 1. The molecule has 4 aromatic rings. The van der Waals surface area contributed by atoms with Crippen molar-refractivity contribution in [3.8, 4) is 28.5 Å². The van der Waals surface area contributed by atoms with E-state index in [1.807, 2.05) is 61.6 Å². The third kappa shape index (κ3) is 3.99. The van der Waals surface area contributed by atoms with Gasteiger partial charge >= 0.3 is 0 Å². The van der Waals surface area contributed by atoms with Crippen LogP contribution < -0.4 is 19.1 Å². The molecule has 1 aliphatic heterocycles. The molecule has 0 fully saturated rings. The number of para-hydroxylation sites is 2. The van der Waals surface area contributed by atoms with Gasteiger partial charge in [-0.15, -0.1) is 0 Å². The lowest BCUT2D eigenvalue weighted by atomic mass is 9.83. The number of fused-ring (bicyclic) bond motifs is 2. The quantitative estimate of drug-likeness (QED) is 0.228. The molecule has 37 heavy (non-hydrogen) atoms. The summed E-state index contributed by atoms with van der Waals surface area (Å²) in [6, 6.07) is 21.5. The highest BCUT2D eigenvalue weighted by atomic mass is 16.5. The first-order chi connectivity index (χ1) is 17.8. The van der Waals surface area contributed by atoms with Crippen molar-refractivity contribution in [2.75, 3.05) is 33.3 Å². The molecule has 6 heteroatoms. The van der Waals surface area contributed by atoms with Gasteiger partial charge in [0.25, 0.3) is 0 Å². The van der Waals surface area contributed by atoms with Gasteiger partial charge in [-0.05, 0) is 35.9 Å². The maximum atomic E-state index is 13.9. The van der Waals surface area contributed by atoms with Crippen molar-refractivity contribution in [3.63, 3.8) is 0 Å². The highest BCUT2D eigenvalue weighted by Gasteiger charge is 2.38. The first kappa shape index (κ1) is 24.4. The Morgan fingerprint density at radius 2 is 1.54 bits per heavy atom. The summed E-state index contributed by atoms with van der Waals surface area (Å²) in [6.07, 6.45) is 1.76. The van der Waals surface area contributed by atoms with Gasteiger partial charge in [0, 0.05) is 46.4 Å². The van der Waals surface area contributed by atoms with E-state index >= 15 is 0 Å². The van der Waals surface area contributed by atoms with Crippen LogP contribution in [0.5, 0.6) is 17.2 Å². The summed E-state index contributed by atoms with van der Waals surface area (Å²) in [5.41, 5.74) is 5.69. The van der Waals surface area contributed by atoms with E-state index in [0.717, 1.165) is 27.9 Å². The first-order valence-corrected chi connectivity index (χ1v) is 12.1. The summed E-state index contributed by atoms with van der Waals surface area (Å²) in [5.74, 6) is 1.47. The SMILES string of the molecule is COc1cc(-c2cc(C(=O)C=C3N(C)c4ccccc4C3(C)C)c3ccccc3n2)cc(OC)c1OC. The lowest BCUT2D eigenvalue weighted by molar-refractivity contribution is 0.104. The van der Waals surface area contributed by atoms with E-state index in [2.05, 4.69) is 30.9 Å². The molecule has 0 N–H and O–H groups in total. The number of nitrogens with zero attached hydrogens (tertiary/aromatic N) is 2. The maximum absolute atomic E-state index is 13.9. The van der Waals surface area contributed by atoms with Crippen LogP contribution >= 0.6 is 0 Å². The first-order valence-electron chi connectivity index (χ1n) is 12.1. The summed E-state index contributed by atoms with van der Waals surface area (Å²) in [7, 11) is 6.74. The van der Waals surface area contributed by atoms with Gasteiger partial charge in [-0.25, -0.2) is 4.98 Å². The van der Waals surface area contributed by atoms with Crippen LogP contribution in [0.2, 0.25) is 0 Å². The normalized spacial score (nSPS) is 15.1. The molecular weight excluding hydrogens is 464 g/mol. The molecule has 2 heterocycles. The minimum Gasteiger partial charge on any atom is -0.493 e. The third-order valence-corrected chi connectivity index (χ3v) is 7.15. The second-order valence-electron chi connectivity index (χ2n) is 9.58. The second-order valence-corrected chi connectivity index (χ2v) is 9.58. The van der Waals surface area contributed by atoms with Crippen molar-refractivity contribution in [2.45, 2.75) is 19.3 Å². The molecule has 1 aliphatic rings. The Hall–Kier alpha value is -4.32. The summed E-state index contributed by atoms with van der Waals surface area (Å²) in [4.78, 5) is 20.9. The number of hydrogen-bond acceptors (Lipinski definition) is 6. The molecule has 5 rings (SSSR count). The Kier molecular flexibility index (Phi) is 6.12. The minimum atomic E-state index is -0.302. The number of ketones is 1. The van der Waals surface area contributed by atoms with Gasteiger partial charge in [0.05, 0.1) is 32.5 Å². The second kappa shape index (κ2) is 9.28. The van der Waals surface area contributed by atoms with Crippen LogP contribution in [0.4, 0.5) is 5.69 Å². The number of hydrogen-bond donors (Lipinski definition) is 0. The van der Waals surface area contributed by atoms with E-state index in [9.17, 15) is 4.79 Å². The van der Waals surface area contributed by atoms with Crippen molar-refractivity contribution in [1.82, 2.24) is 4.98 Å². The Bertz CT molecular complexity index is 1530. The van der Waals surface area contributed by atoms with E-state index in [1.165, 1.54) is 5.56 Å². The monoisotopic (exact) mass is 494 g/mol. The summed E-state index contributed by atoms with van der Waals surface area (Å²) in [5, 5.41) is 0.802. The van der Waals surface area contributed by atoms with Gasteiger partial charge in [0.1, 0.15) is 0 Å². The molecule has 0 amide bonds. The molecular formula is C31H30N2O4.